The molecular formula is C13H15N5O3. The Morgan fingerprint density at radius 3 is 3.19 bits per heavy atom. The summed E-state index contributed by atoms with van der Waals surface area (Å²) in [5.41, 5.74) is 8.60. The van der Waals surface area contributed by atoms with E-state index in [2.05, 4.69) is 15.0 Å². The lowest BCUT2D eigenvalue weighted by Crippen LogP contribution is -2.28. The summed E-state index contributed by atoms with van der Waals surface area (Å²) in [4.78, 5) is 32.3. The molecule has 2 heterocycles. The van der Waals surface area contributed by atoms with Crippen molar-refractivity contribution in [3.8, 4) is 0 Å². The number of carbonyl (C=O) groups is 2. The summed E-state index contributed by atoms with van der Waals surface area (Å²) in [5, 5.41) is 3.49. The summed E-state index contributed by atoms with van der Waals surface area (Å²) in [6.07, 6.45) is 1.80. The molecule has 1 aliphatic rings. The van der Waals surface area contributed by atoms with Crippen molar-refractivity contribution in [1.29, 1.82) is 0 Å². The Balaban J connectivity index is 2.24. The second kappa shape index (κ2) is 6.71. The standard InChI is InChI=1S/C13H15N5O3/c1-2-21-13(20)10-4-3-5-15-12(10)18-8-9(6-11(18)19)7-16-17-14/h3-5,9H,2,6-8H2,1H3. The van der Waals surface area contributed by atoms with Gasteiger partial charge in [0.25, 0.3) is 0 Å². The van der Waals surface area contributed by atoms with Crippen LogP contribution in [0.15, 0.2) is 23.4 Å². The highest BCUT2D eigenvalue weighted by atomic mass is 16.5. The van der Waals surface area contributed by atoms with Crippen LogP contribution in [-0.2, 0) is 9.53 Å². The molecule has 0 saturated carbocycles. The van der Waals surface area contributed by atoms with Gasteiger partial charge in [-0.25, -0.2) is 9.78 Å². The van der Waals surface area contributed by atoms with Gasteiger partial charge in [0.1, 0.15) is 11.4 Å². The first-order valence-corrected chi connectivity index (χ1v) is 6.60. The Hall–Kier alpha value is -2.60. The third-order valence-corrected chi connectivity index (χ3v) is 3.15. The first-order chi connectivity index (χ1) is 10.2. The largest absolute Gasteiger partial charge is 0.462 e. The van der Waals surface area contributed by atoms with Gasteiger partial charge in [-0.2, -0.15) is 0 Å². The molecule has 0 N–H and O–H groups in total. The van der Waals surface area contributed by atoms with Crippen LogP contribution in [0, 0.1) is 5.92 Å². The van der Waals surface area contributed by atoms with Crippen LogP contribution in [0.2, 0.25) is 0 Å². The quantitative estimate of drug-likeness (QED) is 0.357. The van der Waals surface area contributed by atoms with Gasteiger partial charge in [0.05, 0.1) is 6.61 Å². The van der Waals surface area contributed by atoms with Crippen LogP contribution in [-0.4, -0.2) is 36.6 Å². The third kappa shape index (κ3) is 3.29. The number of nitrogens with zero attached hydrogens (tertiary/aromatic N) is 5. The zero-order chi connectivity index (χ0) is 15.2. The second-order valence-corrected chi connectivity index (χ2v) is 4.58. The van der Waals surface area contributed by atoms with E-state index in [-0.39, 0.29) is 37.0 Å². The van der Waals surface area contributed by atoms with Crippen LogP contribution in [0.4, 0.5) is 5.82 Å². The van der Waals surface area contributed by atoms with Crippen LogP contribution in [0.3, 0.4) is 0 Å². The highest BCUT2D eigenvalue weighted by Crippen LogP contribution is 2.26. The minimum absolute atomic E-state index is 0.0644. The van der Waals surface area contributed by atoms with Crippen LogP contribution >= 0.6 is 0 Å². The first-order valence-electron chi connectivity index (χ1n) is 6.60. The fraction of sp³-hybridized carbons (Fsp3) is 0.462. The normalized spacial score (nSPS) is 17.5. The fourth-order valence-corrected chi connectivity index (χ4v) is 2.24. The topological polar surface area (TPSA) is 108 Å². The SMILES string of the molecule is CCOC(=O)c1cccnc1N1CC(CN=[N+]=[N-])CC1=O. The number of carbonyl (C=O) groups excluding carboxylic acids is 2. The lowest BCUT2D eigenvalue weighted by Gasteiger charge is -2.18. The van der Waals surface area contributed by atoms with E-state index in [9.17, 15) is 9.59 Å². The smallest absolute Gasteiger partial charge is 0.341 e. The van der Waals surface area contributed by atoms with E-state index >= 15 is 0 Å². The van der Waals surface area contributed by atoms with E-state index in [1.807, 2.05) is 0 Å². The molecule has 1 unspecified atom stereocenters. The number of anilines is 1. The van der Waals surface area contributed by atoms with E-state index in [1.54, 1.807) is 19.1 Å². The molecule has 0 aliphatic carbocycles. The summed E-state index contributed by atoms with van der Waals surface area (Å²) in [6.45, 7) is 2.59. The van der Waals surface area contributed by atoms with E-state index in [4.69, 9.17) is 10.3 Å². The van der Waals surface area contributed by atoms with E-state index in [1.165, 1.54) is 11.1 Å². The number of hydrogen-bond acceptors (Lipinski definition) is 5. The van der Waals surface area contributed by atoms with E-state index in [0.29, 0.717) is 12.4 Å². The summed E-state index contributed by atoms with van der Waals surface area (Å²) >= 11 is 0. The van der Waals surface area contributed by atoms with Gasteiger partial charge in [0.15, 0.2) is 0 Å². The molecule has 0 spiro atoms. The molecule has 1 atom stereocenters. The number of esters is 1. The monoisotopic (exact) mass is 289 g/mol. The number of pyridine rings is 1. The second-order valence-electron chi connectivity index (χ2n) is 4.58. The predicted molar refractivity (Wildman–Crippen MR) is 74.7 cm³/mol. The minimum Gasteiger partial charge on any atom is -0.462 e. The zero-order valence-electron chi connectivity index (χ0n) is 11.6. The van der Waals surface area contributed by atoms with Crippen molar-refractivity contribution in [2.75, 3.05) is 24.6 Å². The van der Waals surface area contributed by atoms with Crippen molar-refractivity contribution in [1.82, 2.24) is 4.98 Å². The van der Waals surface area contributed by atoms with Gasteiger partial charge < -0.3 is 4.74 Å². The third-order valence-electron chi connectivity index (χ3n) is 3.15. The van der Waals surface area contributed by atoms with Crippen molar-refractivity contribution in [2.45, 2.75) is 13.3 Å². The Bertz CT molecular complexity index is 597. The lowest BCUT2D eigenvalue weighted by atomic mass is 10.1. The lowest BCUT2D eigenvalue weighted by molar-refractivity contribution is -0.117. The fourth-order valence-electron chi connectivity index (χ4n) is 2.24. The highest BCUT2D eigenvalue weighted by molar-refractivity contribution is 6.02. The highest BCUT2D eigenvalue weighted by Gasteiger charge is 2.33. The van der Waals surface area contributed by atoms with Gasteiger partial charge in [0.2, 0.25) is 5.91 Å². The van der Waals surface area contributed by atoms with Crippen LogP contribution in [0.25, 0.3) is 10.4 Å². The number of aromatic nitrogens is 1. The molecule has 1 aliphatic heterocycles. The van der Waals surface area contributed by atoms with Crippen LogP contribution in [0.1, 0.15) is 23.7 Å². The number of ether oxygens (including phenoxy) is 1. The molecule has 110 valence electrons. The number of amides is 1. The van der Waals surface area contributed by atoms with Gasteiger partial charge in [-0.1, -0.05) is 5.11 Å². The van der Waals surface area contributed by atoms with Crippen molar-refractivity contribution in [2.24, 2.45) is 11.0 Å². The average molecular weight is 289 g/mol. The maximum absolute atomic E-state index is 12.1. The van der Waals surface area contributed by atoms with Crippen molar-refractivity contribution in [3.63, 3.8) is 0 Å². The van der Waals surface area contributed by atoms with Crippen LogP contribution < -0.4 is 4.90 Å². The van der Waals surface area contributed by atoms with E-state index in [0.717, 1.165) is 0 Å². The number of azide groups is 1. The van der Waals surface area contributed by atoms with Gasteiger partial charge in [0, 0.05) is 30.6 Å². The summed E-state index contributed by atoms with van der Waals surface area (Å²) in [5.74, 6) is -0.417. The molecule has 2 rings (SSSR count). The van der Waals surface area contributed by atoms with Crippen molar-refractivity contribution in [3.05, 3.63) is 34.3 Å². The Labute approximate surface area is 121 Å². The molecule has 1 aromatic rings. The van der Waals surface area contributed by atoms with Gasteiger partial charge in [-0.05, 0) is 30.5 Å². The number of hydrogen-bond donors (Lipinski definition) is 0. The molecule has 21 heavy (non-hydrogen) atoms. The molecule has 0 aromatic carbocycles. The summed E-state index contributed by atoms with van der Waals surface area (Å²) in [6, 6.07) is 3.20. The minimum atomic E-state index is -0.508. The molecule has 1 saturated heterocycles. The van der Waals surface area contributed by atoms with Crippen molar-refractivity contribution < 1.29 is 14.3 Å². The summed E-state index contributed by atoms with van der Waals surface area (Å²) < 4.78 is 4.97. The molecule has 1 fully saturated rings. The predicted octanol–water partition coefficient (Wildman–Crippen LogP) is 1.92. The summed E-state index contributed by atoms with van der Waals surface area (Å²) in [7, 11) is 0. The molecular weight excluding hydrogens is 274 g/mol. The Kier molecular flexibility index (Phi) is 4.73. The first kappa shape index (κ1) is 14.8. The zero-order valence-corrected chi connectivity index (χ0v) is 11.6. The van der Waals surface area contributed by atoms with Crippen LogP contribution in [0.5, 0.6) is 0 Å². The average Bonchev–Trinajstić information content (AvgIpc) is 2.86. The molecule has 1 amide bonds. The van der Waals surface area contributed by atoms with Gasteiger partial charge in [-0.15, -0.1) is 0 Å². The van der Waals surface area contributed by atoms with E-state index < -0.39 is 5.97 Å². The molecule has 0 radical (unpaired) electrons. The van der Waals surface area contributed by atoms with Gasteiger partial charge >= 0.3 is 5.97 Å². The number of rotatable bonds is 5. The Morgan fingerprint density at radius 1 is 1.67 bits per heavy atom. The molecule has 8 nitrogen and oxygen atoms in total. The molecule has 8 heteroatoms. The molecule has 0 bridgehead atoms. The maximum Gasteiger partial charge on any atom is 0.341 e. The molecule has 1 aromatic heterocycles. The maximum atomic E-state index is 12.1. The Morgan fingerprint density at radius 2 is 2.48 bits per heavy atom. The van der Waals surface area contributed by atoms with Crippen molar-refractivity contribution >= 4 is 17.7 Å². The van der Waals surface area contributed by atoms with Gasteiger partial charge in [-0.3, -0.25) is 9.69 Å².